The van der Waals surface area contributed by atoms with Crippen LogP contribution in [0.25, 0.3) is 0 Å². The molecular formula is C68H84N4O24. The number of carboxylic acid groups (broad SMARTS) is 8. The summed E-state index contributed by atoms with van der Waals surface area (Å²) in [6.45, 7) is 7.75. The number of nitrogens with one attached hydrogen (secondary N) is 4. The molecule has 28 heteroatoms. The molecule has 4 aromatic carbocycles. The molecule has 4 amide bonds. The fourth-order valence-electron chi connectivity index (χ4n) is 10.5. The zero-order chi connectivity index (χ0) is 70.8. The summed E-state index contributed by atoms with van der Waals surface area (Å²) in [4.78, 5) is 157. The Labute approximate surface area is 553 Å². The van der Waals surface area contributed by atoms with Gasteiger partial charge in [-0.2, -0.15) is 0 Å². The lowest BCUT2D eigenvalue weighted by atomic mass is 9.88. The topological polar surface area (TPSA) is 452 Å². The minimum atomic E-state index is -1.73. The van der Waals surface area contributed by atoms with E-state index < -0.39 is 147 Å². The maximum atomic E-state index is 14.8. The van der Waals surface area contributed by atoms with E-state index in [2.05, 4.69) is 21.3 Å². The summed E-state index contributed by atoms with van der Waals surface area (Å²) in [6, 6.07) is 4.18. The van der Waals surface area contributed by atoms with Crippen LogP contribution in [0.3, 0.4) is 0 Å². The number of hydrogen-bond donors (Lipinski definition) is 12. The number of carbonyl (C=O) groups is 12. The van der Waals surface area contributed by atoms with Crippen molar-refractivity contribution in [1.29, 1.82) is 0 Å². The number of benzene rings is 4. The number of hydrogen-bond acceptors (Lipinski definition) is 16. The summed E-state index contributed by atoms with van der Waals surface area (Å²) in [5.74, 6) is -15.1. The molecule has 8 bridgehead atoms. The summed E-state index contributed by atoms with van der Waals surface area (Å²) in [6.07, 6.45) is -1.83. The van der Waals surface area contributed by atoms with Crippen molar-refractivity contribution in [3.63, 3.8) is 0 Å². The van der Waals surface area contributed by atoms with Gasteiger partial charge in [-0.05, 0) is 144 Å². The Hall–Kier alpha value is -10.3. The lowest BCUT2D eigenvalue weighted by molar-refractivity contribution is -0.142. The quantitative estimate of drug-likeness (QED) is 0.0171. The van der Waals surface area contributed by atoms with E-state index in [0.717, 1.165) is 0 Å². The van der Waals surface area contributed by atoms with Crippen LogP contribution in [-0.2, 0) is 64.0 Å². The van der Waals surface area contributed by atoms with Crippen molar-refractivity contribution in [3.05, 3.63) is 115 Å². The molecule has 1 aliphatic carbocycles. The molecule has 5 rings (SSSR count). The van der Waals surface area contributed by atoms with Gasteiger partial charge in [0.15, 0.2) is 0 Å². The van der Waals surface area contributed by atoms with E-state index in [0.29, 0.717) is 51.4 Å². The molecule has 4 aromatic rings. The molecule has 0 spiro atoms. The molecule has 0 radical (unpaired) electrons. The van der Waals surface area contributed by atoms with Gasteiger partial charge in [-0.3, -0.25) is 38.4 Å². The van der Waals surface area contributed by atoms with Gasteiger partial charge in [-0.15, -0.1) is 0 Å². The Kier molecular flexibility index (Phi) is 29.9. The van der Waals surface area contributed by atoms with E-state index in [-0.39, 0.29) is 142 Å². The number of ether oxygens (including phenoxy) is 4. The van der Waals surface area contributed by atoms with Crippen LogP contribution in [0.5, 0.6) is 23.0 Å². The number of fused-ring (bicyclic) bond motifs is 8. The second-order valence-electron chi connectivity index (χ2n) is 23.2. The molecule has 520 valence electrons. The van der Waals surface area contributed by atoms with Crippen LogP contribution in [-0.4, -0.2) is 163 Å². The Morgan fingerprint density at radius 2 is 0.479 bits per heavy atom. The fraction of sp³-hybridized carbons (Fsp3) is 0.471. The first kappa shape index (κ1) is 76.4. The van der Waals surface area contributed by atoms with Gasteiger partial charge in [0.25, 0.3) is 23.6 Å². The Morgan fingerprint density at radius 3 is 0.615 bits per heavy atom. The fourth-order valence-corrected chi connectivity index (χ4v) is 10.5. The third kappa shape index (κ3) is 23.0. The summed E-state index contributed by atoms with van der Waals surface area (Å²) < 4.78 is 26.9. The molecule has 28 nitrogen and oxygen atoms in total. The maximum absolute atomic E-state index is 14.8. The molecule has 0 saturated heterocycles. The van der Waals surface area contributed by atoms with Crippen molar-refractivity contribution >= 4 is 71.4 Å². The van der Waals surface area contributed by atoms with Gasteiger partial charge >= 0.3 is 47.8 Å². The van der Waals surface area contributed by atoms with Crippen LogP contribution < -0.4 is 40.2 Å². The lowest BCUT2D eigenvalue weighted by Gasteiger charge is -2.25. The van der Waals surface area contributed by atoms with Crippen LogP contribution in [0.4, 0.5) is 0 Å². The predicted octanol–water partition coefficient (Wildman–Crippen LogP) is 7.27. The Morgan fingerprint density at radius 1 is 0.312 bits per heavy atom. The highest BCUT2D eigenvalue weighted by Crippen LogP contribution is 2.42. The van der Waals surface area contributed by atoms with Gasteiger partial charge in [0.1, 0.15) is 47.2 Å². The molecule has 0 aromatic heterocycles. The van der Waals surface area contributed by atoms with Gasteiger partial charge in [0.05, 0.1) is 26.4 Å². The standard InChI is InChI=1S/C68H84N4O24/c1-5-9-21-93-57-37-25-39-31-46(62(82)70-50(66(87)88)14-18-54(75)76)33-41(58(39)94-22-10-6-2)27-43-35-48(64(84)72-52(68(91)92)16-20-56(79)80)36-44(60(43)96-24-12-8-4)28-42-34-47(63(83)71-51(67(89)90)15-19-55(77)78)32-40(59(42)95-23-11-7-3)26-38(57)30-45(29-37)61(81)69-49(65(85)86)13-17-53(73)74/h29-36,49-52H,5-28H2,1-4H3,(H,69,81)(H,70,82)(H,71,83)(H,72,84)(H,73,74)(H,75,76)(H,77,78)(H,79,80)(H,85,86)(H,87,88)(H,89,90)(H,91,92)/t49-,50-,51-,52+/m0/s1. The van der Waals surface area contributed by atoms with Crippen molar-refractivity contribution in [2.24, 2.45) is 0 Å². The third-order valence-electron chi connectivity index (χ3n) is 15.5. The molecule has 0 fully saturated rings. The number of unbranched alkanes of at least 4 members (excludes halogenated alkanes) is 4. The van der Waals surface area contributed by atoms with E-state index in [1.54, 1.807) is 0 Å². The van der Waals surface area contributed by atoms with Crippen molar-refractivity contribution in [2.75, 3.05) is 26.4 Å². The molecule has 0 heterocycles. The highest BCUT2D eigenvalue weighted by atomic mass is 16.5. The van der Waals surface area contributed by atoms with Gasteiger partial charge < -0.3 is 81.1 Å². The van der Waals surface area contributed by atoms with E-state index >= 15 is 0 Å². The first-order chi connectivity index (χ1) is 45.7. The molecule has 1 aliphatic rings. The van der Waals surface area contributed by atoms with Gasteiger partial charge in [0.2, 0.25) is 0 Å². The van der Waals surface area contributed by atoms with Crippen LogP contribution in [0.2, 0.25) is 0 Å². The lowest BCUT2D eigenvalue weighted by Crippen LogP contribution is -2.41. The summed E-state index contributed by atoms with van der Waals surface area (Å²) >= 11 is 0. The molecule has 0 saturated carbocycles. The molecule has 0 unspecified atom stereocenters. The molecular weight excluding hydrogens is 1260 g/mol. The van der Waals surface area contributed by atoms with Crippen molar-refractivity contribution in [2.45, 2.75) is 180 Å². The van der Waals surface area contributed by atoms with E-state index in [4.69, 9.17) is 18.9 Å². The summed E-state index contributed by atoms with van der Waals surface area (Å²) in [5.41, 5.74) is 0.609. The summed E-state index contributed by atoms with van der Waals surface area (Å²) in [7, 11) is 0. The van der Waals surface area contributed by atoms with Crippen LogP contribution in [0, 0.1) is 0 Å². The molecule has 4 atom stereocenters. The van der Waals surface area contributed by atoms with Crippen molar-refractivity contribution in [1.82, 2.24) is 21.3 Å². The molecule has 12 N–H and O–H groups in total. The summed E-state index contributed by atoms with van der Waals surface area (Å²) in [5, 5.41) is 89.0. The van der Waals surface area contributed by atoms with Crippen LogP contribution in [0.15, 0.2) is 48.5 Å². The van der Waals surface area contributed by atoms with Crippen molar-refractivity contribution < 1.29 is 117 Å². The van der Waals surface area contributed by atoms with Gasteiger partial charge in [-0.25, -0.2) is 19.2 Å². The number of carbonyl (C=O) groups excluding carboxylic acids is 4. The van der Waals surface area contributed by atoms with Gasteiger partial charge in [0, 0.05) is 73.6 Å². The monoisotopic (exact) mass is 1340 g/mol. The SMILES string of the molecule is CCCCOc1c2cc(C(=O)N[C@@H](CCC(=O)O)C(=O)O)cc1Cc1cc(C(=O)N[C@@H](CCC(=O)O)C(=O)O)cc(c1OCCCC)Cc1cc(C(=O)N[C@H](CCC(=O)O)C(=O)O)cc(c1OCCCC)Cc1cc(C(=O)N[C@@H](CCC(=O)O)C(=O)O)cc(c1OCCCC)C2. The largest absolute Gasteiger partial charge is 0.493 e. The van der Waals surface area contributed by atoms with Crippen molar-refractivity contribution in [3.8, 4) is 23.0 Å². The average molecular weight is 1340 g/mol. The van der Waals surface area contributed by atoms with Crippen LogP contribution in [0.1, 0.15) is 216 Å². The normalized spacial score (nSPS) is 12.9. The second kappa shape index (κ2) is 37.6. The number of rotatable bonds is 40. The first-order valence-corrected chi connectivity index (χ1v) is 31.8. The van der Waals surface area contributed by atoms with Crippen LogP contribution >= 0.6 is 0 Å². The smallest absolute Gasteiger partial charge is 0.326 e. The zero-order valence-electron chi connectivity index (χ0n) is 54.0. The predicted molar refractivity (Wildman–Crippen MR) is 342 cm³/mol. The Bertz CT molecular complexity index is 2980. The molecule has 96 heavy (non-hydrogen) atoms. The highest BCUT2D eigenvalue weighted by Gasteiger charge is 2.32. The highest BCUT2D eigenvalue weighted by molar-refractivity contribution is 6.00. The number of amides is 4. The second-order valence-corrected chi connectivity index (χ2v) is 23.2. The van der Waals surface area contributed by atoms with E-state index in [1.165, 1.54) is 48.5 Å². The van der Waals surface area contributed by atoms with Gasteiger partial charge in [-0.1, -0.05) is 53.4 Å². The van der Waals surface area contributed by atoms with E-state index in [9.17, 15) is 98.4 Å². The number of carboxylic acids is 8. The third-order valence-corrected chi connectivity index (χ3v) is 15.5. The minimum absolute atomic E-state index is 0.0391. The average Bonchev–Trinajstić information content (AvgIpc) is 0.774. The molecule has 0 aliphatic heterocycles. The Balaban J connectivity index is 2.09. The van der Waals surface area contributed by atoms with E-state index in [1.807, 2.05) is 27.7 Å². The maximum Gasteiger partial charge on any atom is 0.326 e. The minimum Gasteiger partial charge on any atom is -0.493 e. The zero-order valence-corrected chi connectivity index (χ0v) is 54.0. The first-order valence-electron chi connectivity index (χ1n) is 31.8. The number of aliphatic carboxylic acids is 8.